The van der Waals surface area contributed by atoms with Gasteiger partial charge in [-0.3, -0.25) is 9.36 Å². The topological polar surface area (TPSA) is 81.5 Å². The predicted octanol–water partition coefficient (Wildman–Crippen LogP) is 3.96. The monoisotopic (exact) mass is 439 g/mol. The third kappa shape index (κ3) is 4.93. The lowest BCUT2D eigenvalue weighted by atomic mass is 10.3. The van der Waals surface area contributed by atoms with Crippen molar-refractivity contribution < 1.29 is 14.3 Å². The van der Waals surface area contributed by atoms with Crippen molar-refractivity contribution in [2.45, 2.75) is 25.5 Å². The summed E-state index contributed by atoms with van der Waals surface area (Å²) in [6.45, 7) is 6.74. The molecule has 0 atom stereocenters. The van der Waals surface area contributed by atoms with Crippen LogP contribution in [0.2, 0.25) is 0 Å². The van der Waals surface area contributed by atoms with E-state index in [-0.39, 0.29) is 11.7 Å². The Morgan fingerprint density at radius 3 is 2.26 bits per heavy atom. The van der Waals surface area contributed by atoms with Crippen molar-refractivity contribution in [2.24, 2.45) is 0 Å². The molecule has 2 aromatic carbocycles. The Morgan fingerprint density at radius 1 is 0.968 bits per heavy atom. The summed E-state index contributed by atoms with van der Waals surface area (Å²) in [5, 5.41) is 12.3. The summed E-state index contributed by atoms with van der Waals surface area (Å²) in [5.41, 5.74) is 1.78. The molecule has 0 saturated heterocycles. The van der Waals surface area contributed by atoms with Crippen molar-refractivity contribution in [1.82, 2.24) is 14.8 Å². The lowest BCUT2D eigenvalue weighted by molar-refractivity contribution is -0.113. The molecule has 0 unspecified atom stereocenters. The molecular formula is C22H25N5O3S. The Bertz CT molecular complexity index is 1020. The summed E-state index contributed by atoms with van der Waals surface area (Å²) in [7, 11) is 0. The standard InChI is InChI=1S/C22H25N5O3S/c1-3-29-18-9-5-16(6-10-18)23-20(28)15-31-22-25-24-21-26(13-14-27(21)22)17-7-11-19(12-8-17)30-4-2/h5-12H,3-4,13-15H2,1-2H3,(H,23,28). The minimum absolute atomic E-state index is 0.0899. The Morgan fingerprint density at radius 2 is 1.61 bits per heavy atom. The molecule has 0 aliphatic carbocycles. The minimum atomic E-state index is -0.0899. The molecule has 1 amide bonds. The van der Waals surface area contributed by atoms with Gasteiger partial charge < -0.3 is 19.7 Å². The number of anilines is 3. The van der Waals surface area contributed by atoms with E-state index in [0.29, 0.717) is 13.2 Å². The summed E-state index contributed by atoms with van der Waals surface area (Å²) in [4.78, 5) is 14.5. The van der Waals surface area contributed by atoms with Gasteiger partial charge in [0.2, 0.25) is 11.9 Å². The van der Waals surface area contributed by atoms with Crippen LogP contribution in [0.25, 0.3) is 0 Å². The van der Waals surface area contributed by atoms with Gasteiger partial charge in [0.15, 0.2) is 5.16 Å². The number of hydrogen-bond donors (Lipinski definition) is 1. The highest BCUT2D eigenvalue weighted by Crippen LogP contribution is 2.32. The number of amides is 1. The molecule has 0 spiro atoms. The van der Waals surface area contributed by atoms with E-state index in [2.05, 4.69) is 20.4 Å². The van der Waals surface area contributed by atoms with Crippen LogP contribution in [-0.2, 0) is 11.3 Å². The fourth-order valence-corrected chi connectivity index (χ4v) is 4.10. The van der Waals surface area contributed by atoms with Crippen molar-refractivity contribution >= 4 is 35.0 Å². The molecule has 8 nitrogen and oxygen atoms in total. The number of nitrogens with zero attached hydrogens (tertiary/aromatic N) is 4. The summed E-state index contributed by atoms with van der Waals surface area (Å²) in [5.74, 6) is 2.59. The Kier molecular flexibility index (Phi) is 6.61. The maximum atomic E-state index is 12.3. The zero-order chi connectivity index (χ0) is 21.6. The van der Waals surface area contributed by atoms with Crippen LogP contribution in [0, 0.1) is 0 Å². The molecule has 0 radical (unpaired) electrons. The van der Waals surface area contributed by atoms with Crippen molar-refractivity contribution in [3.8, 4) is 11.5 Å². The van der Waals surface area contributed by atoms with E-state index in [1.807, 2.05) is 66.9 Å². The lowest BCUT2D eigenvalue weighted by Gasteiger charge is -2.15. The highest BCUT2D eigenvalue weighted by Gasteiger charge is 2.26. The van der Waals surface area contributed by atoms with E-state index in [4.69, 9.17) is 9.47 Å². The third-order valence-electron chi connectivity index (χ3n) is 4.73. The number of carbonyl (C=O) groups excluding carboxylic acids is 1. The van der Waals surface area contributed by atoms with Gasteiger partial charge in [0.05, 0.1) is 19.0 Å². The Hall–Kier alpha value is -3.20. The summed E-state index contributed by atoms with van der Waals surface area (Å²) < 4.78 is 13.0. The molecule has 1 aliphatic heterocycles. The van der Waals surface area contributed by atoms with Crippen LogP contribution in [0.4, 0.5) is 17.3 Å². The van der Waals surface area contributed by atoms with Crippen LogP contribution >= 0.6 is 11.8 Å². The molecule has 1 aromatic heterocycles. The van der Waals surface area contributed by atoms with E-state index < -0.39 is 0 Å². The molecule has 31 heavy (non-hydrogen) atoms. The number of carbonyl (C=O) groups is 1. The average molecular weight is 440 g/mol. The molecule has 162 valence electrons. The number of hydrogen-bond acceptors (Lipinski definition) is 7. The molecule has 3 aromatic rings. The van der Waals surface area contributed by atoms with Crippen molar-refractivity contribution in [3.63, 3.8) is 0 Å². The van der Waals surface area contributed by atoms with Gasteiger partial charge in [-0.25, -0.2) is 0 Å². The second kappa shape index (κ2) is 9.74. The van der Waals surface area contributed by atoms with Crippen LogP contribution in [0.15, 0.2) is 53.7 Å². The Balaban J connectivity index is 1.34. The van der Waals surface area contributed by atoms with E-state index in [9.17, 15) is 4.79 Å². The van der Waals surface area contributed by atoms with Crippen LogP contribution in [0.5, 0.6) is 11.5 Å². The van der Waals surface area contributed by atoms with Gasteiger partial charge in [-0.15, -0.1) is 10.2 Å². The molecule has 1 N–H and O–H groups in total. The fraction of sp³-hybridized carbons (Fsp3) is 0.318. The van der Waals surface area contributed by atoms with Crippen LogP contribution < -0.4 is 19.7 Å². The average Bonchev–Trinajstić information content (AvgIpc) is 3.37. The molecule has 0 saturated carbocycles. The van der Waals surface area contributed by atoms with Crippen molar-refractivity contribution in [1.29, 1.82) is 0 Å². The third-order valence-corrected chi connectivity index (χ3v) is 5.69. The van der Waals surface area contributed by atoms with Crippen molar-refractivity contribution in [3.05, 3.63) is 48.5 Å². The first kappa shape index (κ1) is 21.0. The van der Waals surface area contributed by atoms with Gasteiger partial charge in [0, 0.05) is 24.5 Å². The van der Waals surface area contributed by atoms with Gasteiger partial charge in [-0.1, -0.05) is 11.8 Å². The SMILES string of the molecule is CCOc1ccc(NC(=O)CSc2nnc3n2CCN3c2ccc(OCC)cc2)cc1. The number of aromatic nitrogens is 3. The van der Waals surface area contributed by atoms with Gasteiger partial charge in [-0.05, 0) is 62.4 Å². The second-order valence-corrected chi connectivity index (χ2v) is 7.75. The fourth-order valence-electron chi connectivity index (χ4n) is 3.35. The maximum Gasteiger partial charge on any atom is 0.234 e. The number of rotatable bonds is 9. The quantitative estimate of drug-likeness (QED) is 0.506. The van der Waals surface area contributed by atoms with E-state index in [1.54, 1.807) is 0 Å². The van der Waals surface area contributed by atoms with Gasteiger partial charge in [0.1, 0.15) is 11.5 Å². The molecule has 0 bridgehead atoms. The van der Waals surface area contributed by atoms with Crippen molar-refractivity contribution in [2.75, 3.05) is 35.7 Å². The minimum Gasteiger partial charge on any atom is -0.494 e. The zero-order valence-electron chi connectivity index (χ0n) is 17.6. The predicted molar refractivity (Wildman–Crippen MR) is 122 cm³/mol. The summed E-state index contributed by atoms with van der Waals surface area (Å²) >= 11 is 1.38. The van der Waals surface area contributed by atoms with E-state index in [0.717, 1.165) is 47.1 Å². The molecule has 1 aliphatic rings. The largest absolute Gasteiger partial charge is 0.494 e. The van der Waals surface area contributed by atoms with Gasteiger partial charge in [0.25, 0.3) is 0 Å². The van der Waals surface area contributed by atoms with E-state index in [1.165, 1.54) is 11.8 Å². The Labute approximate surface area is 185 Å². The number of thioether (sulfide) groups is 1. The highest BCUT2D eigenvalue weighted by atomic mass is 32.2. The van der Waals surface area contributed by atoms with Crippen LogP contribution in [-0.4, -0.2) is 46.2 Å². The normalized spacial score (nSPS) is 12.5. The maximum absolute atomic E-state index is 12.3. The smallest absolute Gasteiger partial charge is 0.234 e. The first-order valence-corrected chi connectivity index (χ1v) is 11.3. The number of fused-ring (bicyclic) bond motifs is 1. The van der Waals surface area contributed by atoms with Crippen LogP contribution in [0.1, 0.15) is 13.8 Å². The molecule has 0 fully saturated rings. The first-order chi connectivity index (χ1) is 15.2. The first-order valence-electron chi connectivity index (χ1n) is 10.3. The van der Waals surface area contributed by atoms with Gasteiger partial charge in [-0.2, -0.15) is 0 Å². The number of ether oxygens (including phenoxy) is 2. The van der Waals surface area contributed by atoms with E-state index >= 15 is 0 Å². The molecular weight excluding hydrogens is 414 g/mol. The van der Waals surface area contributed by atoms with Crippen LogP contribution in [0.3, 0.4) is 0 Å². The molecule has 9 heteroatoms. The number of nitrogens with one attached hydrogen (secondary N) is 1. The summed E-state index contributed by atoms with van der Waals surface area (Å²) in [6, 6.07) is 15.3. The molecule has 2 heterocycles. The zero-order valence-corrected chi connectivity index (χ0v) is 18.4. The molecule has 4 rings (SSSR count). The second-order valence-electron chi connectivity index (χ2n) is 6.81. The van der Waals surface area contributed by atoms with Gasteiger partial charge >= 0.3 is 0 Å². The summed E-state index contributed by atoms with van der Waals surface area (Å²) in [6.07, 6.45) is 0. The highest BCUT2D eigenvalue weighted by molar-refractivity contribution is 7.99. The lowest BCUT2D eigenvalue weighted by Crippen LogP contribution is -2.14. The number of benzene rings is 2.